The average Bonchev–Trinajstić information content (AvgIpc) is 2.48. The van der Waals surface area contributed by atoms with Crippen molar-refractivity contribution in [2.75, 3.05) is 25.1 Å². The summed E-state index contributed by atoms with van der Waals surface area (Å²) in [6.07, 6.45) is 6.10. The quantitative estimate of drug-likeness (QED) is 0.872. The molecule has 2 rings (SSSR count). The van der Waals surface area contributed by atoms with Crippen LogP contribution in [-0.4, -0.2) is 48.4 Å². The van der Waals surface area contributed by atoms with Gasteiger partial charge in [-0.2, -0.15) is 0 Å². The molecule has 0 amide bonds. The van der Waals surface area contributed by atoms with Gasteiger partial charge in [-0.3, -0.25) is 0 Å². The average molecular weight is 264 g/mol. The van der Waals surface area contributed by atoms with Gasteiger partial charge >= 0.3 is 0 Å². The van der Waals surface area contributed by atoms with Crippen LogP contribution >= 0.6 is 0 Å². The summed E-state index contributed by atoms with van der Waals surface area (Å²) >= 11 is 0. The molecule has 2 heterocycles. The third-order valence-electron chi connectivity index (χ3n) is 3.90. The Labute approximate surface area is 115 Å². The maximum atomic E-state index is 5.35. The van der Waals surface area contributed by atoms with E-state index >= 15 is 0 Å². The molecule has 19 heavy (non-hydrogen) atoms. The van der Waals surface area contributed by atoms with E-state index in [9.17, 15) is 0 Å². The van der Waals surface area contributed by atoms with E-state index in [1.807, 2.05) is 6.07 Å². The monoisotopic (exact) mass is 264 g/mol. The molecule has 2 atom stereocenters. The van der Waals surface area contributed by atoms with Crippen LogP contribution in [0.5, 0.6) is 0 Å². The van der Waals surface area contributed by atoms with Crippen LogP contribution in [0.4, 0.5) is 5.95 Å². The Morgan fingerprint density at radius 3 is 2.47 bits per heavy atom. The lowest BCUT2D eigenvalue weighted by Gasteiger charge is -2.34. The number of hydrogen-bond acceptors (Lipinski definition) is 5. The van der Waals surface area contributed by atoms with Crippen molar-refractivity contribution < 1.29 is 4.74 Å². The molecule has 5 heteroatoms. The van der Waals surface area contributed by atoms with Crippen molar-refractivity contribution in [3.63, 3.8) is 0 Å². The Morgan fingerprint density at radius 1 is 1.26 bits per heavy atom. The van der Waals surface area contributed by atoms with Gasteiger partial charge in [-0.15, -0.1) is 0 Å². The normalized spacial score (nSPS) is 20.3. The number of anilines is 1. The second-order valence-corrected chi connectivity index (χ2v) is 5.21. The molecule has 0 bridgehead atoms. The fourth-order valence-corrected chi connectivity index (χ4v) is 2.41. The van der Waals surface area contributed by atoms with Gasteiger partial charge < -0.3 is 15.0 Å². The number of rotatable bonds is 5. The standard InChI is InChI=1S/C14H24N4O/c1-11(12(2)19-3)17-13-5-9-18(10-6-13)14-15-7-4-8-16-14/h4,7-8,11-13,17H,5-6,9-10H2,1-3H3. The number of nitrogens with zero attached hydrogens (tertiary/aromatic N) is 3. The molecule has 1 aliphatic heterocycles. The summed E-state index contributed by atoms with van der Waals surface area (Å²) in [5, 5.41) is 3.65. The Kier molecular flexibility index (Phi) is 5.10. The predicted molar refractivity (Wildman–Crippen MR) is 76.3 cm³/mol. The first-order chi connectivity index (χ1) is 9.20. The van der Waals surface area contributed by atoms with E-state index in [2.05, 4.69) is 34.0 Å². The summed E-state index contributed by atoms with van der Waals surface area (Å²) in [6.45, 7) is 6.30. The SMILES string of the molecule is COC(C)C(C)NC1CCN(c2ncccn2)CC1. The van der Waals surface area contributed by atoms with Crippen molar-refractivity contribution in [3.8, 4) is 0 Å². The van der Waals surface area contributed by atoms with E-state index in [0.717, 1.165) is 31.9 Å². The molecule has 1 aromatic rings. The minimum absolute atomic E-state index is 0.246. The molecule has 0 saturated carbocycles. The summed E-state index contributed by atoms with van der Waals surface area (Å²) in [5.41, 5.74) is 0. The van der Waals surface area contributed by atoms with Gasteiger partial charge in [-0.05, 0) is 32.8 Å². The lowest BCUT2D eigenvalue weighted by atomic mass is 10.0. The van der Waals surface area contributed by atoms with Crippen molar-refractivity contribution in [1.82, 2.24) is 15.3 Å². The molecular formula is C14H24N4O. The highest BCUT2D eigenvalue weighted by Crippen LogP contribution is 2.16. The van der Waals surface area contributed by atoms with Gasteiger partial charge in [0.25, 0.3) is 0 Å². The van der Waals surface area contributed by atoms with Crippen LogP contribution < -0.4 is 10.2 Å². The number of ether oxygens (including phenoxy) is 1. The molecule has 0 spiro atoms. The van der Waals surface area contributed by atoms with E-state index in [-0.39, 0.29) is 6.10 Å². The zero-order valence-electron chi connectivity index (χ0n) is 12.0. The highest BCUT2D eigenvalue weighted by Gasteiger charge is 2.23. The number of nitrogens with one attached hydrogen (secondary N) is 1. The fraction of sp³-hybridized carbons (Fsp3) is 0.714. The van der Waals surface area contributed by atoms with Crippen LogP contribution in [0.25, 0.3) is 0 Å². The van der Waals surface area contributed by atoms with Gasteiger partial charge in [0.15, 0.2) is 0 Å². The minimum atomic E-state index is 0.246. The van der Waals surface area contributed by atoms with Gasteiger partial charge in [-0.1, -0.05) is 0 Å². The second-order valence-electron chi connectivity index (χ2n) is 5.21. The van der Waals surface area contributed by atoms with Gasteiger partial charge in [0.2, 0.25) is 5.95 Å². The predicted octanol–water partition coefficient (Wildman–Crippen LogP) is 1.46. The molecule has 1 aliphatic rings. The highest BCUT2D eigenvalue weighted by atomic mass is 16.5. The lowest BCUT2D eigenvalue weighted by molar-refractivity contribution is 0.0829. The van der Waals surface area contributed by atoms with Crippen LogP contribution in [0.3, 0.4) is 0 Å². The van der Waals surface area contributed by atoms with Crippen molar-refractivity contribution in [3.05, 3.63) is 18.5 Å². The van der Waals surface area contributed by atoms with E-state index < -0.39 is 0 Å². The summed E-state index contributed by atoms with van der Waals surface area (Å²) < 4.78 is 5.35. The number of methoxy groups -OCH3 is 1. The van der Waals surface area contributed by atoms with E-state index in [4.69, 9.17) is 4.74 Å². The van der Waals surface area contributed by atoms with Crippen molar-refractivity contribution >= 4 is 5.95 Å². The van der Waals surface area contributed by atoms with Crippen molar-refractivity contribution in [1.29, 1.82) is 0 Å². The molecule has 0 aromatic carbocycles. The van der Waals surface area contributed by atoms with Crippen molar-refractivity contribution in [2.45, 2.75) is 44.9 Å². The Morgan fingerprint density at radius 2 is 1.89 bits per heavy atom. The minimum Gasteiger partial charge on any atom is -0.380 e. The first kappa shape index (κ1) is 14.2. The molecule has 1 saturated heterocycles. The molecule has 0 radical (unpaired) electrons. The molecule has 1 N–H and O–H groups in total. The summed E-state index contributed by atoms with van der Waals surface area (Å²) in [4.78, 5) is 10.9. The third kappa shape index (κ3) is 3.88. The van der Waals surface area contributed by atoms with Crippen LogP contribution in [0.2, 0.25) is 0 Å². The smallest absolute Gasteiger partial charge is 0.225 e. The fourth-order valence-electron chi connectivity index (χ4n) is 2.41. The first-order valence-corrected chi connectivity index (χ1v) is 7.01. The first-order valence-electron chi connectivity index (χ1n) is 7.01. The van der Waals surface area contributed by atoms with Gasteiger partial charge in [0, 0.05) is 44.7 Å². The molecular weight excluding hydrogens is 240 g/mol. The Hall–Kier alpha value is -1.20. The zero-order valence-corrected chi connectivity index (χ0v) is 12.0. The maximum absolute atomic E-state index is 5.35. The molecule has 0 aliphatic carbocycles. The van der Waals surface area contributed by atoms with Crippen LogP contribution in [-0.2, 0) is 4.74 Å². The number of hydrogen-bond donors (Lipinski definition) is 1. The van der Waals surface area contributed by atoms with Gasteiger partial charge in [0.05, 0.1) is 6.10 Å². The van der Waals surface area contributed by atoms with Crippen molar-refractivity contribution in [2.24, 2.45) is 0 Å². The largest absolute Gasteiger partial charge is 0.380 e. The summed E-state index contributed by atoms with van der Waals surface area (Å²) in [6, 6.07) is 2.80. The van der Waals surface area contributed by atoms with Gasteiger partial charge in [-0.25, -0.2) is 9.97 Å². The van der Waals surface area contributed by atoms with Crippen LogP contribution in [0.15, 0.2) is 18.5 Å². The van der Waals surface area contributed by atoms with E-state index in [1.165, 1.54) is 0 Å². The van der Waals surface area contributed by atoms with E-state index in [0.29, 0.717) is 12.1 Å². The summed E-state index contributed by atoms with van der Waals surface area (Å²) in [7, 11) is 1.76. The molecule has 5 nitrogen and oxygen atoms in total. The molecule has 1 aromatic heterocycles. The number of piperidine rings is 1. The zero-order chi connectivity index (χ0) is 13.7. The van der Waals surface area contributed by atoms with Gasteiger partial charge in [0.1, 0.15) is 0 Å². The second kappa shape index (κ2) is 6.82. The molecule has 1 fully saturated rings. The molecule has 106 valence electrons. The molecule has 2 unspecified atom stereocenters. The number of aromatic nitrogens is 2. The topological polar surface area (TPSA) is 50.3 Å². The Bertz CT molecular complexity index is 365. The lowest BCUT2D eigenvalue weighted by Crippen LogP contribution is -2.48. The van der Waals surface area contributed by atoms with Crippen LogP contribution in [0.1, 0.15) is 26.7 Å². The summed E-state index contributed by atoms with van der Waals surface area (Å²) in [5.74, 6) is 0.847. The Balaban J connectivity index is 1.80. The maximum Gasteiger partial charge on any atom is 0.225 e. The highest BCUT2D eigenvalue weighted by molar-refractivity contribution is 5.29. The van der Waals surface area contributed by atoms with E-state index in [1.54, 1.807) is 19.5 Å². The van der Waals surface area contributed by atoms with Crippen LogP contribution in [0, 0.1) is 0 Å². The third-order valence-corrected chi connectivity index (χ3v) is 3.90.